The van der Waals surface area contributed by atoms with Crippen molar-refractivity contribution >= 4 is 56.5 Å². The van der Waals surface area contributed by atoms with Gasteiger partial charge in [-0.25, -0.2) is 0 Å². The first-order valence-corrected chi connectivity index (χ1v) is 31.9. The van der Waals surface area contributed by atoms with E-state index in [2.05, 4.69) is 135 Å². The number of rotatable bonds is 19. The molecular formula is C40H81Br2N3NiO2Si2. The van der Waals surface area contributed by atoms with Crippen LogP contribution in [0, 0.1) is 47.3 Å². The van der Waals surface area contributed by atoms with Crippen LogP contribution >= 0.6 is 28.5 Å². The van der Waals surface area contributed by atoms with Crippen molar-refractivity contribution in [2.24, 2.45) is 57.3 Å². The molecule has 0 aliphatic heterocycles. The molecule has 2 fully saturated rings. The Labute approximate surface area is 334 Å². The molecule has 0 spiro atoms. The van der Waals surface area contributed by atoms with E-state index in [9.17, 15) is 0 Å². The van der Waals surface area contributed by atoms with E-state index >= 15 is 0 Å². The van der Waals surface area contributed by atoms with Gasteiger partial charge in [0.15, 0.2) is 16.6 Å². The molecule has 2 rings (SSSR count). The van der Waals surface area contributed by atoms with Crippen molar-refractivity contribution in [2.45, 2.75) is 165 Å². The summed E-state index contributed by atoms with van der Waals surface area (Å²) in [4.78, 5) is 14.2. The van der Waals surface area contributed by atoms with Crippen molar-refractivity contribution in [1.82, 2.24) is 4.90 Å². The van der Waals surface area contributed by atoms with E-state index in [0.29, 0.717) is 59.4 Å². The third-order valence-electron chi connectivity index (χ3n) is 11.2. The molecule has 0 aromatic heterocycles. The van der Waals surface area contributed by atoms with Gasteiger partial charge in [0.25, 0.3) is 0 Å². The Morgan fingerprint density at radius 1 is 0.640 bits per heavy atom. The molecule has 300 valence electrons. The molecule has 0 radical (unpaired) electrons. The minimum absolute atomic E-state index is 0.406. The summed E-state index contributed by atoms with van der Waals surface area (Å²) < 4.78 is 12.6. The van der Waals surface area contributed by atoms with E-state index in [1.165, 1.54) is 60.8 Å². The monoisotopic (exact) mass is 907 g/mol. The summed E-state index contributed by atoms with van der Waals surface area (Å²) in [6, 6.07) is 0.819. The van der Waals surface area contributed by atoms with Gasteiger partial charge in [0.05, 0.1) is 23.5 Å². The summed E-state index contributed by atoms with van der Waals surface area (Å²) in [5.41, 5.74) is 2.54. The van der Waals surface area contributed by atoms with Crippen molar-refractivity contribution in [1.29, 1.82) is 0 Å². The molecule has 0 amide bonds. The molecule has 2 aliphatic rings. The van der Waals surface area contributed by atoms with E-state index in [0.717, 1.165) is 45.7 Å². The molecule has 10 heteroatoms. The Balaban J connectivity index is 0.00000401. The quantitative estimate of drug-likeness (QED) is 0.0958. The van der Waals surface area contributed by atoms with E-state index < -0.39 is 16.6 Å². The molecule has 4 atom stereocenters. The Morgan fingerprint density at radius 3 is 1.30 bits per heavy atom. The summed E-state index contributed by atoms with van der Waals surface area (Å²) in [5, 5.41) is 0. The van der Waals surface area contributed by atoms with Crippen LogP contribution in [0.4, 0.5) is 0 Å². The topological polar surface area (TPSA) is 46.4 Å². The van der Waals surface area contributed by atoms with Gasteiger partial charge in [-0.3, -0.25) is 14.9 Å². The van der Waals surface area contributed by atoms with Crippen molar-refractivity contribution in [2.75, 3.05) is 32.8 Å². The van der Waals surface area contributed by atoms with Crippen molar-refractivity contribution in [3.63, 3.8) is 0 Å². The molecule has 5 nitrogen and oxygen atoms in total. The van der Waals surface area contributed by atoms with Crippen molar-refractivity contribution < 1.29 is 19.7 Å². The zero-order valence-corrected chi connectivity index (χ0v) is 41.4. The first-order chi connectivity index (χ1) is 23.2. The second-order valence-electron chi connectivity index (χ2n) is 18.7. The second kappa shape index (κ2) is 24.6. The van der Waals surface area contributed by atoms with Crippen LogP contribution in [0.1, 0.15) is 114 Å². The first kappa shape index (κ1) is 49.1. The molecule has 4 unspecified atom stereocenters. The second-order valence-corrected chi connectivity index (χ2v) is 32.7. The van der Waals surface area contributed by atoms with Gasteiger partial charge < -0.3 is 8.85 Å². The van der Waals surface area contributed by atoms with Crippen LogP contribution < -0.4 is 0 Å². The molecule has 0 bridgehead atoms. The van der Waals surface area contributed by atoms with Gasteiger partial charge in [0, 0.05) is 26.3 Å². The fourth-order valence-corrected chi connectivity index (χ4v) is 9.78. The maximum atomic E-state index is 6.31. The molecule has 0 heterocycles. The standard InChI is InChI=1S/C40H81N3O2Si2.2BrH.Ni/c1-29(2)34-19-16-20-35(30(3)4)39(34)41-33(9)38(42-40-36(31(5)6)21-17-22-37(40)32(7)8)23-18-24-43(25-27-44-46(10,11)12)26-28-45-47(13,14)15;;;/h29-32,34-37,39-40H,16-28H2,1-15H3;2*1H;/q;;;+2/p-2. The zero-order chi connectivity index (χ0) is 38.2. The van der Waals surface area contributed by atoms with Crippen LogP contribution in [0.3, 0.4) is 0 Å². The Kier molecular flexibility index (Phi) is 24.2. The summed E-state index contributed by atoms with van der Waals surface area (Å²) >= 11 is 6.00. The van der Waals surface area contributed by atoms with E-state index in [4.69, 9.17) is 18.8 Å². The Bertz CT molecular complexity index is 933. The van der Waals surface area contributed by atoms with Crippen LogP contribution in [-0.4, -0.2) is 77.9 Å². The summed E-state index contributed by atoms with van der Waals surface area (Å²) in [5.74, 6) is 5.31. The molecular weight excluding hydrogens is 829 g/mol. The van der Waals surface area contributed by atoms with Crippen molar-refractivity contribution in [3.8, 4) is 0 Å². The van der Waals surface area contributed by atoms with Crippen molar-refractivity contribution in [3.05, 3.63) is 0 Å². The molecule has 50 heavy (non-hydrogen) atoms. The normalized spacial score (nSPS) is 26.0. The number of halogens is 2. The Morgan fingerprint density at radius 2 is 0.980 bits per heavy atom. The average molecular weight is 911 g/mol. The van der Waals surface area contributed by atoms with Crippen LogP contribution in [0.5, 0.6) is 0 Å². The van der Waals surface area contributed by atoms with Crippen LogP contribution in [0.25, 0.3) is 0 Å². The zero-order valence-electron chi connectivity index (χ0n) is 35.2. The van der Waals surface area contributed by atoms with Gasteiger partial charge in [-0.05, 0) is 139 Å². The molecule has 2 aliphatic carbocycles. The molecule has 0 aromatic rings. The predicted molar refractivity (Wildman–Crippen MR) is 231 cm³/mol. The van der Waals surface area contributed by atoms with Crippen LogP contribution in [-0.2, 0) is 19.7 Å². The SMILES string of the molecule is CC(=NC1C(C(C)C)CCCC1C(C)C)C(CCCN(CCO[Si](C)(C)C)CCO[Si](C)(C)C)=NC1C(C(C)C)CCCC1C(C)C.[Br][Ni][Br]. The third-order valence-corrected chi connectivity index (χ3v) is 13.3. The van der Waals surface area contributed by atoms with Gasteiger partial charge in [0.1, 0.15) is 0 Å². The molecule has 0 saturated heterocycles. The number of nitrogens with zero attached hydrogens (tertiary/aromatic N) is 3. The number of hydrogen-bond acceptors (Lipinski definition) is 5. The van der Waals surface area contributed by atoms with Crippen LogP contribution in [0.2, 0.25) is 39.3 Å². The number of hydrogen-bond donors (Lipinski definition) is 0. The third kappa shape index (κ3) is 19.1. The van der Waals surface area contributed by atoms with Gasteiger partial charge in [-0.1, -0.05) is 68.2 Å². The first-order valence-electron chi connectivity index (χ1n) is 20.2. The molecule has 0 N–H and O–H groups in total. The van der Waals surface area contributed by atoms with Gasteiger partial charge in [-0.2, -0.15) is 0 Å². The molecule has 0 aromatic carbocycles. The van der Waals surface area contributed by atoms with Gasteiger partial charge in [0.2, 0.25) is 0 Å². The summed E-state index contributed by atoms with van der Waals surface area (Å²) in [7, 11) is -1.83. The number of aliphatic imine (C=N–C) groups is 2. The summed E-state index contributed by atoms with van der Waals surface area (Å²) in [6.45, 7) is 40.1. The van der Waals surface area contributed by atoms with E-state index in [1.54, 1.807) is 0 Å². The van der Waals surface area contributed by atoms with E-state index in [1.807, 2.05) is 0 Å². The average Bonchev–Trinajstić information content (AvgIpc) is 2.99. The maximum absolute atomic E-state index is 6.31. The van der Waals surface area contributed by atoms with Gasteiger partial charge in [-0.15, -0.1) is 0 Å². The fourth-order valence-electron chi connectivity index (χ4n) is 8.37. The Hall–Kier alpha value is 1.11. The minimum atomic E-state index is -1.54. The summed E-state index contributed by atoms with van der Waals surface area (Å²) in [6.07, 6.45) is 10.1. The van der Waals surface area contributed by atoms with Gasteiger partial charge >= 0.3 is 39.3 Å². The molecule has 2 saturated carbocycles. The fraction of sp³-hybridized carbons (Fsp3) is 0.950. The van der Waals surface area contributed by atoms with Crippen LogP contribution in [0.15, 0.2) is 9.98 Å². The predicted octanol–water partition coefficient (Wildman–Crippen LogP) is 12.6. The van der Waals surface area contributed by atoms with E-state index in [-0.39, 0.29) is 0 Å².